The normalized spacial score (nSPS) is 22.8. The second-order valence-electron chi connectivity index (χ2n) is 15.6. The third-order valence-electron chi connectivity index (χ3n) is 10.2. The van der Waals surface area contributed by atoms with Crippen LogP contribution in [0.25, 0.3) is 10.8 Å². The lowest BCUT2D eigenvalue weighted by Crippen LogP contribution is -2.58. The number of aromatic nitrogens is 1. The number of benzene rings is 2. The molecule has 3 aliphatic rings. The maximum Gasteiger partial charge on any atom is 0.338 e. The summed E-state index contributed by atoms with van der Waals surface area (Å²) in [6.07, 6.45) is 2.79. The minimum Gasteiger partial charge on any atom is -0.494 e. The molecule has 0 unspecified atom stereocenters. The van der Waals surface area contributed by atoms with E-state index in [9.17, 15) is 27.6 Å². The fraction of sp³-hybridized carbons (Fsp3) is 0.475. The zero-order valence-corrected chi connectivity index (χ0v) is 33.5. The smallest absolute Gasteiger partial charge is 0.338 e. The molecule has 3 fully saturated rings. The Balaban J connectivity index is 1.34. The van der Waals surface area contributed by atoms with Crippen LogP contribution in [0.3, 0.4) is 0 Å². The van der Waals surface area contributed by atoms with Gasteiger partial charge in [0.1, 0.15) is 29.5 Å². The van der Waals surface area contributed by atoms with Gasteiger partial charge in [0.25, 0.3) is 5.91 Å². The van der Waals surface area contributed by atoms with Crippen LogP contribution < -0.4 is 24.8 Å². The highest BCUT2D eigenvalue weighted by Crippen LogP contribution is 2.46. The first-order valence-corrected chi connectivity index (χ1v) is 20.3. The summed E-state index contributed by atoms with van der Waals surface area (Å²) in [4.78, 5) is 61.5. The number of anilines is 1. The van der Waals surface area contributed by atoms with Gasteiger partial charge in [0, 0.05) is 35.2 Å². The molecule has 1 aliphatic heterocycles. The van der Waals surface area contributed by atoms with Gasteiger partial charge in [0.2, 0.25) is 27.7 Å². The topological polar surface area (TPSA) is 182 Å². The van der Waals surface area contributed by atoms with Crippen molar-refractivity contribution in [2.24, 2.45) is 11.3 Å². The van der Waals surface area contributed by atoms with E-state index < -0.39 is 74.0 Å². The molecule has 0 spiro atoms. The van der Waals surface area contributed by atoms with E-state index in [1.54, 1.807) is 70.2 Å². The van der Waals surface area contributed by atoms with Crippen LogP contribution >= 0.6 is 11.6 Å². The fourth-order valence-electron chi connectivity index (χ4n) is 6.92. The van der Waals surface area contributed by atoms with Crippen molar-refractivity contribution in [2.45, 2.75) is 95.4 Å². The molecule has 1 saturated heterocycles. The molecule has 56 heavy (non-hydrogen) atoms. The number of hydrogen-bond donors (Lipinski definition) is 3. The van der Waals surface area contributed by atoms with Crippen molar-refractivity contribution < 1.29 is 43.2 Å². The number of fused-ring (bicyclic) bond motifs is 1. The number of methoxy groups -OCH3 is 1. The lowest BCUT2D eigenvalue weighted by molar-refractivity contribution is -0.141. The number of pyridine rings is 1. The number of likely N-dealkylation sites (tertiary alicyclic amines) is 1. The van der Waals surface area contributed by atoms with Crippen LogP contribution in [-0.2, 0) is 29.1 Å². The second kappa shape index (κ2) is 15.6. The van der Waals surface area contributed by atoms with Crippen molar-refractivity contribution in [3.63, 3.8) is 0 Å². The Morgan fingerprint density at radius 3 is 2.54 bits per heavy atom. The zero-order chi connectivity index (χ0) is 41.4. The van der Waals surface area contributed by atoms with Gasteiger partial charge in [-0.3, -0.25) is 19.1 Å². The molecule has 300 valence electrons. The molecule has 0 bridgehead atoms. The Labute approximate surface area is 333 Å². The highest BCUT2D eigenvalue weighted by Gasteiger charge is 2.62. The van der Waals surface area contributed by atoms with Crippen molar-refractivity contribution in [1.82, 2.24) is 19.9 Å². The first-order chi connectivity index (χ1) is 26.9. The van der Waals surface area contributed by atoms with Gasteiger partial charge in [-0.25, -0.2) is 18.2 Å². The van der Waals surface area contributed by atoms with E-state index in [4.69, 9.17) is 27.2 Å². The minimum absolute atomic E-state index is 0.0330. The zero-order valence-electron chi connectivity index (χ0n) is 33.0. The van der Waals surface area contributed by atoms with E-state index in [2.05, 4.69) is 26.9 Å². The van der Waals surface area contributed by atoms with Crippen LogP contribution in [0.4, 0.5) is 5.69 Å². The van der Waals surface area contributed by atoms with Crippen molar-refractivity contribution >= 4 is 61.8 Å². The average Bonchev–Trinajstić information content (AvgIpc) is 4.10. The third kappa shape index (κ3) is 8.58. The molecule has 0 radical (unpaired) electrons. The molecular formula is C40H48ClN5O9S. The summed E-state index contributed by atoms with van der Waals surface area (Å²) in [6.45, 7) is 10.4. The summed E-state index contributed by atoms with van der Waals surface area (Å²) in [7, 11) is -2.42. The van der Waals surface area contributed by atoms with Gasteiger partial charge in [-0.2, -0.15) is 0 Å². The largest absolute Gasteiger partial charge is 0.494 e. The summed E-state index contributed by atoms with van der Waals surface area (Å²) in [5.74, 6) is -2.55. The molecular weight excluding hydrogens is 762 g/mol. The second-order valence-corrected chi connectivity index (χ2v) is 18.0. The number of ether oxygens (including phenoxy) is 3. The highest BCUT2D eigenvalue weighted by atomic mass is 35.5. The maximum atomic E-state index is 14.9. The Morgan fingerprint density at radius 1 is 1.14 bits per heavy atom. The molecule has 2 aromatic carbocycles. The van der Waals surface area contributed by atoms with Crippen LogP contribution in [0, 0.1) is 11.3 Å². The number of carbonyl (C=O) groups excluding carboxylic acids is 4. The monoisotopic (exact) mass is 810 g/mol. The Bertz CT molecular complexity index is 2200. The Kier molecular flexibility index (Phi) is 10.9. The van der Waals surface area contributed by atoms with Crippen LogP contribution in [-0.4, -0.2) is 90.7 Å². The fourth-order valence-corrected chi connectivity index (χ4v) is 8.45. The van der Waals surface area contributed by atoms with E-state index in [1.807, 2.05) is 0 Å². The molecule has 6 rings (SSSR count). The minimum atomic E-state index is -3.93. The molecule has 3 aromatic rings. The van der Waals surface area contributed by atoms with E-state index in [-0.39, 0.29) is 43.8 Å². The molecule has 3 N–H and O–H groups in total. The summed E-state index contributed by atoms with van der Waals surface area (Å²) in [6, 6.07) is 9.30. The van der Waals surface area contributed by atoms with E-state index in [0.717, 1.165) is 0 Å². The molecule has 16 heteroatoms. The first-order valence-electron chi connectivity index (χ1n) is 19.1. The first kappa shape index (κ1) is 39.3. The Morgan fingerprint density at radius 2 is 1.89 bits per heavy atom. The number of halogens is 1. The number of hydrogen-bond acceptors (Lipinski definition) is 11. The van der Waals surface area contributed by atoms with E-state index in [0.29, 0.717) is 40.1 Å². The number of carbonyl (C=O) groups is 4. The van der Waals surface area contributed by atoms with Crippen molar-refractivity contribution in [2.75, 3.05) is 19.0 Å². The van der Waals surface area contributed by atoms with Crippen molar-refractivity contribution in [3.8, 4) is 11.6 Å². The number of esters is 1. The molecule has 14 nitrogen and oxygen atoms in total. The van der Waals surface area contributed by atoms with Crippen molar-refractivity contribution in [1.29, 1.82) is 0 Å². The van der Waals surface area contributed by atoms with Gasteiger partial charge < -0.3 is 29.7 Å². The van der Waals surface area contributed by atoms with Crippen LogP contribution in [0.1, 0.15) is 72.0 Å². The summed E-state index contributed by atoms with van der Waals surface area (Å²) in [5.41, 5.74) is -1.95. The number of nitrogens with zero attached hydrogens (tertiary/aromatic N) is 2. The lowest BCUT2D eigenvalue weighted by atomic mass is 9.85. The standard InChI is InChI=1S/C40H48ClN5O9S/c1-8-24-19-40(24,38(50)45-56(51,52)28-13-14-28)44-34(47)31-18-27(55-35-30-17-25(41)12-15-29(30)32(53-7)20-42-35)21-46(31)36(48)33(39(4,5)6)43-26-11-9-10-23(16-26)37(49)54-22(2)3/h8-12,15-17,20,22,24,27-28,31,33,43H,1,13-14,18-19,21H2,2-7H3,(H,44,47)(H,45,50)/t24-,27-,31+,33-,40-/m1/s1/i4D. The molecule has 5 atom stereocenters. The van der Waals surface area contributed by atoms with Crippen LogP contribution in [0.5, 0.6) is 11.6 Å². The van der Waals surface area contributed by atoms with Crippen LogP contribution in [0.2, 0.25) is 5.02 Å². The molecule has 3 amide bonds. The molecule has 2 heterocycles. The third-order valence-corrected chi connectivity index (χ3v) is 12.2. The van der Waals surface area contributed by atoms with Gasteiger partial charge in [-0.05, 0) is 74.9 Å². The molecule has 2 saturated carbocycles. The predicted octanol–water partition coefficient (Wildman–Crippen LogP) is 5.01. The number of nitrogens with one attached hydrogen (secondary N) is 3. The molecule has 2 aliphatic carbocycles. The number of rotatable bonds is 14. The van der Waals surface area contributed by atoms with Gasteiger partial charge in [-0.15, -0.1) is 6.58 Å². The summed E-state index contributed by atoms with van der Waals surface area (Å²) >= 11 is 6.36. The maximum absolute atomic E-state index is 14.9. The lowest BCUT2D eigenvalue weighted by Gasteiger charge is -2.36. The van der Waals surface area contributed by atoms with Gasteiger partial charge in [0.05, 0.1) is 36.8 Å². The number of sulfonamides is 1. The van der Waals surface area contributed by atoms with Gasteiger partial charge in [0.15, 0.2) is 0 Å². The molecule has 1 aromatic heterocycles. The van der Waals surface area contributed by atoms with Crippen molar-refractivity contribution in [3.05, 3.63) is 71.9 Å². The van der Waals surface area contributed by atoms with Crippen LogP contribution in [0.15, 0.2) is 61.3 Å². The summed E-state index contributed by atoms with van der Waals surface area (Å²) < 4.78 is 53.4. The number of amides is 3. The summed E-state index contributed by atoms with van der Waals surface area (Å²) in [5, 5.41) is 6.99. The van der Waals surface area contributed by atoms with Gasteiger partial charge in [-0.1, -0.05) is 44.5 Å². The van der Waals surface area contributed by atoms with Gasteiger partial charge >= 0.3 is 5.97 Å². The highest BCUT2D eigenvalue weighted by molar-refractivity contribution is 7.91. The average molecular weight is 811 g/mol. The SMILES string of the molecule is [2H]CC(C)(C)[C@H](Nc1cccc(C(=O)OC(C)C)c1)C(=O)N1C[C@H](Oc2ncc(OC)c3ccc(Cl)cc23)C[C@H]1C(=O)N[C@]1(C(=O)NS(=O)(=O)C2CC2)C[C@H]1C=C. The van der Waals surface area contributed by atoms with E-state index in [1.165, 1.54) is 24.3 Å². The Hall–Kier alpha value is -4.89. The predicted molar refractivity (Wildman–Crippen MR) is 211 cm³/mol. The quantitative estimate of drug-likeness (QED) is 0.147. The van der Waals surface area contributed by atoms with E-state index >= 15 is 0 Å².